The SMILES string of the molecule is CCCCN1CC(C)(CC)NCC1C. The first kappa shape index (κ1) is 12.0. The zero-order valence-electron chi connectivity index (χ0n) is 10.3. The third-order valence-electron chi connectivity index (χ3n) is 3.58. The van der Waals surface area contributed by atoms with Crippen LogP contribution in [-0.4, -0.2) is 36.1 Å². The van der Waals surface area contributed by atoms with Gasteiger partial charge >= 0.3 is 0 Å². The maximum absolute atomic E-state index is 3.66. The minimum atomic E-state index is 0.347. The number of nitrogens with zero attached hydrogens (tertiary/aromatic N) is 1. The van der Waals surface area contributed by atoms with E-state index in [4.69, 9.17) is 0 Å². The van der Waals surface area contributed by atoms with Crippen LogP contribution in [0.4, 0.5) is 0 Å². The molecule has 0 spiro atoms. The fraction of sp³-hybridized carbons (Fsp3) is 1.00. The standard InChI is InChI=1S/C12H26N2/c1-5-7-8-14-10-12(4,6-2)13-9-11(14)3/h11,13H,5-10H2,1-4H3. The van der Waals surface area contributed by atoms with Crippen LogP contribution < -0.4 is 5.32 Å². The van der Waals surface area contributed by atoms with Gasteiger partial charge in [-0.05, 0) is 33.2 Å². The predicted molar refractivity (Wildman–Crippen MR) is 62.6 cm³/mol. The summed E-state index contributed by atoms with van der Waals surface area (Å²) < 4.78 is 0. The maximum Gasteiger partial charge on any atom is 0.0278 e. The second-order valence-electron chi connectivity index (χ2n) is 4.97. The third kappa shape index (κ3) is 2.96. The molecule has 2 nitrogen and oxygen atoms in total. The van der Waals surface area contributed by atoms with E-state index < -0.39 is 0 Å². The molecule has 1 aliphatic heterocycles. The molecule has 2 unspecified atom stereocenters. The van der Waals surface area contributed by atoms with E-state index in [2.05, 4.69) is 37.9 Å². The lowest BCUT2D eigenvalue weighted by molar-refractivity contribution is 0.0919. The second kappa shape index (κ2) is 5.13. The molecule has 0 saturated carbocycles. The van der Waals surface area contributed by atoms with E-state index in [1.165, 1.54) is 32.4 Å². The third-order valence-corrected chi connectivity index (χ3v) is 3.58. The maximum atomic E-state index is 3.66. The van der Waals surface area contributed by atoms with E-state index in [9.17, 15) is 0 Å². The first-order chi connectivity index (χ1) is 6.61. The van der Waals surface area contributed by atoms with Crippen LogP contribution in [0.2, 0.25) is 0 Å². The van der Waals surface area contributed by atoms with E-state index in [0.717, 1.165) is 6.54 Å². The van der Waals surface area contributed by atoms with Gasteiger partial charge in [0.05, 0.1) is 0 Å². The van der Waals surface area contributed by atoms with E-state index in [1.807, 2.05) is 0 Å². The quantitative estimate of drug-likeness (QED) is 0.745. The van der Waals surface area contributed by atoms with Crippen molar-refractivity contribution in [2.75, 3.05) is 19.6 Å². The molecule has 2 heteroatoms. The Morgan fingerprint density at radius 2 is 2.14 bits per heavy atom. The lowest BCUT2D eigenvalue weighted by atomic mass is 9.93. The molecule has 2 atom stereocenters. The van der Waals surface area contributed by atoms with Crippen LogP contribution in [0, 0.1) is 0 Å². The highest BCUT2D eigenvalue weighted by Crippen LogP contribution is 2.18. The summed E-state index contributed by atoms with van der Waals surface area (Å²) >= 11 is 0. The second-order valence-corrected chi connectivity index (χ2v) is 4.97. The van der Waals surface area contributed by atoms with Gasteiger partial charge in [-0.2, -0.15) is 0 Å². The Kier molecular flexibility index (Phi) is 4.39. The number of nitrogens with one attached hydrogen (secondary N) is 1. The molecular weight excluding hydrogens is 172 g/mol. The molecule has 84 valence electrons. The Hall–Kier alpha value is -0.0800. The van der Waals surface area contributed by atoms with Gasteiger partial charge in [0.15, 0.2) is 0 Å². The zero-order chi connectivity index (χ0) is 10.6. The monoisotopic (exact) mass is 198 g/mol. The van der Waals surface area contributed by atoms with Crippen LogP contribution in [0.25, 0.3) is 0 Å². The topological polar surface area (TPSA) is 15.3 Å². The number of unbranched alkanes of at least 4 members (excludes halogenated alkanes) is 1. The van der Waals surface area contributed by atoms with Crippen molar-refractivity contribution in [2.24, 2.45) is 0 Å². The van der Waals surface area contributed by atoms with Crippen molar-refractivity contribution in [3.05, 3.63) is 0 Å². The molecule has 14 heavy (non-hydrogen) atoms. The van der Waals surface area contributed by atoms with Gasteiger partial charge in [0.25, 0.3) is 0 Å². The van der Waals surface area contributed by atoms with Gasteiger partial charge < -0.3 is 5.32 Å². The first-order valence-corrected chi connectivity index (χ1v) is 6.10. The summed E-state index contributed by atoms with van der Waals surface area (Å²) in [5.41, 5.74) is 0.347. The summed E-state index contributed by atoms with van der Waals surface area (Å²) in [6, 6.07) is 0.709. The highest BCUT2D eigenvalue weighted by atomic mass is 15.2. The van der Waals surface area contributed by atoms with Crippen LogP contribution >= 0.6 is 0 Å². The zero-order valence-corrected chi connectivity index (χ0v) is 10.3. The normalized spacial score (nSPS) is 34.7. The summed E-state index contributed by atoms with van der Waals surface area (Å²) in [6.07, 6.45) is 3.87. The van der Waals surface area contributed by atoms with Gasteiger partial charge in [0.2, 0.25) is 0 Å². The highest BCUT2D eigenvalue weighted by Gasteiger charge is 2.31. The van der Waals surface area contributed by atoms with Crippen LogP contribution in [0.3, 0.4) is 0 Å². The van der Waals surface area contributed by atoms with Crippen LogP contribution in [0.1, 0.15) is 47.0 Å². The molecule has 1 fully saturated rings. The number of hydrogen-bond acceptors (Lipinski definition) is 2. The van der Waals surface area contributed by atoms with Gasteiger partial charge in [0, 0.05) is 24.7 Å². The molecule has 1 saturated heterocycles. The molecule has 1 rings (SSSR count). The molecule has 0 bridgehead atoms. The first-order valence-electron chi connectivity index (χ1n) is 6.10. The van der Waals surface area contributed by atoms with E-state index in [0.29, 0.717) is 11.6 Å². The summed E-state index contributed by atoms with van der Waals surface area (Å²) in [5, 5.41) is 3.66. The van der Waals surface area contributed by atoms with Crippen LogP contribution in [0.15, 0.2) is 0 Å². The molecule has 1 N–H and O–H groups in total. The highest BCUT2D eigenvalue weighted by molar-refractivity contribution is 4.92. The molecule has 0 aromatic rings. The summed E-state index contributed by atoms with van der Waals surface area (Å²) in [5.74, 6) is 0. The lowest BCUT2D eigenvalue weighted by Crippen LogP contribution is -2.61. The summed E-state index contributed by atoms with van der Waals surface area (Å²) in [6.45, 7) is 12.9. The molecule has 0 aliphatic carbocycles. The Morgan fingerprint density at radius 3 is 2.71 bits per heavy atom. The molecule has 0 aromatic carbocycles. The number of piperazine rings is 1. The van der Waals surface area contributed by atoms with Crippen molar-refractivity contribution in [1.82, 2.24) is 10.2 Å². The summed E-state index contributed by atoms with van der Waals surface area (Å²) in [4.78, 5) is 2.64. The van der Waals surface area contributed by atoms with Gasteiger partial charge in [-0.1, -0.05) is 20.3 Å². The fourth-order valence-electron chi connectivity index (χ4n) is 2.08. The molecule has 0 aromatic heterocycles. The van der Waals surface area contributed by atoms with Crippen molar-refractivity contribution >= 4 is 0 Å². The Labute approximate surface area is 89.1 Å². The van der Waals surface area contributed by atoms with Gasteiger partial charge in [-0.25, -0.2) is 0 Å². The average Bonchev–Trinajstić information content (AvgIpc) is 2.20. The molecule has 0 radical (unpaired) electrons. The predicted octanol–water partition coefficient (Wildman–Crippen LogP) is 2.25. The van der Waals surface area contributed by atoms with Crippen molar-refractivity contribution in [2.45, 2.75) is 58.5 Å². The van der Waals surface area contributed by atoms with E-state index in [-0.39, 0.29) is 0 Å². The Bertz CT molecular complexity index is 170. The molecular formula is C12H26N2. The number of hydrogen-bond donors (Lipinski definition) is 1. The van der Waals surface area contributed by atoms with E-state index in [1.54, 1.807) is 0 Å². The minimum Gasteiger partial charge on any atom is -0.309 e. The Morgan fingerprint density at radius 1 is 1.43 bits per heavy atom. The average molecular weight is 198 g/mol. The smallest absolute Gasteiger partial charge is 0.0278 e. The Balaban J connectivity index is 2.46. The minimum absolute atomic E-state index is 0.347. The van der Waals surface area contributed by atoms with Crippen molar-refractivity contribution < 1.29 is 0 Å². The summed E-state index contributed by atoms with van der Waals surface area (Å²) in [7, 11) is 0. The van der Waals surface area contributed by atoms with Crippen molar-refractivity contribution in [1.29, 1.82) is 0 Å². The lowest BCUT2D eigenvalue weighted by Gasteiger charge is -2.45. The van der Waals surface area contributed by atoms with Crippen LogP contribution in [0.5, 0.6) is 0 Å². The van der Waals surface area contributed by atoms with Crippen molar-refractivity contribution in [3.63, 3.8) is 0 Å². The van der Waals surface area contributed by atoms with Gasteiger partial charge in [-0.15, -0.1) is 0 Å². The van der Waals surface area contributed by atoms with Gasteiger partial charge in [-0.3, -0.25) is 4.90 Å². The molecule has 1 heterocycles. The van der Waals surface area contributed by atoms with Gasteiger partial charge in [0.1, 0.15) is 0 Å². The number of rotatable bonds is 4. The largest absolute Gasteiger partial charge is 0.309 e. The van der Waals surface area contributed by atoms with Crippen LogP contribution in [-0.2, 0) is 0 Å². The van der Waals surface area contributed by atoms with Crippen molar-refractivity contribution in [3.8, 4) is 0 Å². The molecule has 0 amide bonds. The molecule has 1 aliphatic rings. The van der Waals surface area contributed by atoms with E-state index >= 15 is 0 Å². The fourth-order valence-corrected chi connectivity index (χ4v) is 2.08.